The van der Waals surface area contributed by atoms with Gasteiger partial charge in [0.05, 0.1) is 0 Å². The number of likely N-dealkylation sites (tertiary alicyclic amines) is 1. The Labute approximate surface area is 83.1 Å². The highest BCUT2D eigenvalue weighted by Crippen LogP contribution is 2.12. The van der Waals surface area contributed by atoms with Gasteiger partial charge >= 0.3 is 0 Å². The lowest BCUT2D eigenvalue weighted by Gasteiger charge is -2.10. The minimum atomic E-state index is 0.835. The van der Waals surface area contributed by atoms with Crippen LogP contribution in [0.4, 0.5) is 0 Å². The quantitative estimate of drug-likeness (QED) is 0.790. The zero-order chi connectivity index (χ0) is 8.97. The van der Waals surface area contributed by atoms with Gasteiger partial charge in [-0.05, 0) is 32.5 Å². The minimum absolute atomic E-state index is 0.835. The molecule has 0 saturated carbocycles. The maximum Gasteiger partial charge on any atom is 0.0265 e. The predicted octanol–water partition coefficient (Wildman–Crippen LogP) is 1.44. The molecule has 0 radical (unpaired) electrons. The molecule has 1 unspecified atom stereocenters. The van der Waals surface area contributed by atoms with Gasteiger partial charge in [-0.2, -0.15) is 0 Å². The molecule has 70 valence electrons. The number of nitrogens with one attached hydrogen (secondary N) is 1. The first-order chi connectivity index (χ1) is 5.68. The highest BCUT2D eigenvalue weighted by atomic mass is 79.9. The number of rotatable bonds is 4. The third-order valence-corrected chi connectivity index (χ3v) is 2.52. The van der Waals surface area contributed by atoms with Crippen LogP contribution >= 0.6 is 15.9 Å². The number of hydrogen-bond acceptors (Lipinski definition) is 2. The lowest BCUT2D eigenvalue weighted by Crippen LogP contribution is -2.25. The van der Waals surface area contributed by atoms with E-state index in [-0.39, 0.29) is 0 Å². The first kappa shape index (κ1) is 10.2. The highest BCUT2D eigenvalue weighted by Gasteiger charge is 2.18. The summed E-state index contributed by atoms with van der Waals surface area (Å²) in [5, 5.41) is 3.37. The van der Waals surface area contributed by atoms with Crippen molar-refractivity contribution < 1.29 is 0 Å². The van der Waals surface area contributed by atoms with Gasteiger partial charge in [-0.3, -0.25) is 0 Å². The fraction of sp³-hybridized carbons (Fsp3) is 0.778. The van der Waals surface area contributed by atoms with Gasteiger partial charge < -0.3 is 10.2 Å². The molecule has 0 spiro atoms. The third-order valence-electron chi connectivity index (χ3n) is 2.24. The first-order valence-corrected chi connectivity index (χ1v) is 5.20. The van der Waals surface area contributed by atoms with Crippen LogP contribution in [0.5, 0.6) is 0 Å². The first-order valence-electron chi connectivity index (χ1n) is 4.41. The fourth-order valence-electron chi connectivity index (χ4n) is 1.60. The monoisotopic (exact) mass is 232 g/mol. The highest BCUT2D eigenvalue weighted by molar-refractivity contribution is 9.11. The second-order valence-electron chi connectivity index (χ2n) is 3.57. The summed E-state index contributed by atoms with van der Waals surface area (Å²) in [4.78, 5) is 2.38. The Hall–Kier alpha value is 0.140. The van der Waals surface area contributed by atoms with Crippen molar-refractivity contribution in [3.8, 4) is 0 Å². The molecule has 1 N–H and O–H groups in total. The van der Waals surface area contributed by atoms with Gasteiger partial charge in [0.1, 0.15) is 0 Å². The topological polar surface area (TPSA) is 15.3 Å². The van der Waals surface area contributed by atoms with Gasteiger partial charge in [0.25, 0.3) is 0 Å². The van der Waals surface area contributed by atoms with Crippen molar-refractivity contribution in [2.45, 2.75) is 6.42 Å². The second kappa shape index (κ2) is 5.00. The van der Waals surface area contributed by atoms with Crippen molar-refractivity contribution >= 4 is 15.9 Å². The molecule has 0 aromatic carbocycles. The molecule has 1 saturated heterocycles. The van der Waals surface area contributed by atoms with Crippen molar-refractivity contribution in [3.05, 3.63) is 11.1 Å². The van der Waals surface area contributed by atoms with Crippen LogP contribution in [-0.2, 0) is 0 Å². The molecule has 1 rings (SSSR count). The smallest absolute Gasteiger partial charge is 0.0265 e. The molecule has 0 aromatic rings. The van der Waals surface area contributed by atoms with E-state index in [0.29, 0.717) is 0 Å². The molecule has 3 heteroatoms. The summed E-state index contributed by atoms with van der Waals surface area (Å²) >= 11 is 3.33. The van der Waals surface area contributed by atoms with Crippen LogP contribution in [0.3, 0.4) is 0 Å². The van der Waals surface area contributed by atoms with Gasteiger partial charge in [0.2, 0.25) is 0 Å². The largest absolute Gasteiger partial charge is 0.312 e. The Balaban J connectivity index is 2.04. The van der Waals surface area contributed by atoms with Crippen LogP contribution in [0, 0.1) is 5.92 Å². The Kier molecular flexibility index (Phi) is 4.26. The van der Waals surface area contributed by atoms with Crippen LogP contribution < -0.4 is 5.32 Å². The van der Waals surface area contributed by atoms with Crippen LogP contribution in [0.15, 0.2) is 11.1 Å². The third kappa shape index (κ3) is 3.70. The zero-order valence-electron chi connectivity index (χ0n) is 7.65. The predicted molar refractivity (Wildman–Crippen MR) is 56.5 cm³/mol. The van der Waals surface area contributed by atoms with E-state index in [4.69, 9.17) is 0 Å². The van der Waals surface area contributed by atoms with Crippen molar-refractivity contribution in [2.24, 2.45) is 5.92 Å². The summed E-state index contributed by atoms with van der Waals surface area (Å²) in [5.41, 5.74) is 0. The molecule has 0 amide bonds. The molecular formula is C9H17BrN2. The van der Waals surface area contributed by atoms with Crippen LogP contribution in [-0.4, -0.2) is 38.1 Å². The fourth-order valence-corrected chi connectivity index (χ4v) is 1.80. The summed E-state index contributed by atoms with van der Waals surface area (Å²) in [6.45, 7) is 8.28. The van der Waals surface area contributed by atoms with Gasteiger partial charge in [-0.1, -0.05) is 22.5 Å². The van der Waals surface area contributed by atoms with Gasteiger partial charge in [-0.15, -0.1) is 0 Å². The summed E-state index contributed by atoms with van der Waals surface area (Å²) in [7, 11) is 2.18. The van der Waals surface area contributed by atoms with E-state index in [1.165, 1.54) is 19.5 Å². The summed E-state index contributed by atoms with van der Waals surface area (Å²) in [6.07, 6.45) is 1.33. The Morgan fingerprint density at radius 3 is 3.00 bits per heavy atom. The maximum atomic E-state index is 3.78. The molecule has 1 fully saturated rings. The van der Waals surface area contributed by atoms with Crippen LogP contribution in [0.1, 0.15) is 6.42 Å². The SMILES string of the molecule is C=C(Br)CNCC1CCN(C)C1. The van der Waals surface area contributed by atoms with Crippen molar-refractivity contribution in [3.63, 3.8) is 0 Å². The molecule has 0 aliphatic carbocycles. The van der Waals surface area contributed by atoms with Gasteiger partial charge in [0, 0.05) is 17.6 Å². The van der Waals surface area contributed by atoms with Gasteiger partial charge in [0.15, 0.2) is 0 Å². The summed E-state index contributed by atoms with van der Waals surface area (Å²) < 4.78 is 1.04. The van der Waals surface area contributed by atoms with E-state index in [9.17, 15) is 0 Å². The van der Waals surface area contributed by atoms with Crippen molar-refractivity contribution in [1.29, 1.82) is 0 Å². The molecule has 12 heavy (non-hydrogen) atoms. The van der Waals surface area contributed by atoms with E-state index in [1.54, 1.807) is 0 Å². The minimum Gasteiger partial charge on any atom is -0.312 e. The molecule has 0 bridgehead atoms. The van der Waals surface area contributed by atoms with E-state index in [2.05, 4.69) is 39.8 Å². The lowest BCUT2D eigenvalue weighted by atomic mass is 10.1. The van der Waals surface area contributed by atoms with Crippen molar-refractivity contribution in [2.75, 3.05) is 33.2 Å². The zero-order valence-corrected chi connectivity index (χ0v) is 9.23. The molecule has 1 aliphatic rings. The molecule has 1 heterocycles. The summed E-state index contributed by atoms with van der Waals surface area (Å²) in [6, 6.07) is 0. The van der Waals surface area contributed by atoms with Crippen molar-refractivity contribution in [1.82, 2.24) is 10.2 Å². The van der Waals surface area contributed by atoms with E-state index < -0.39 is 0 Å². The van der Waals surface area contributed by atoms with E-state index in [1.807, 2.05) is 0 Å². The molecule has 0 aromatic heterocycles. The van der Waals surface area contributed by atoms with E-state index in [0.717, 1.165) is 23.5 Å². The molecule has 1 atom stereocenters. The van der Waals surface area contributed by atoms with E-state index >= 15 is 0 Å². The average Bonchev–Trinajstić information content (AvgIpc) is 2.35. The Morgan fingerprint density at radius 2 is 2.50 bits per heavy atom. The van der Waals surface area contributed by atoms with Gasteiger partial charge in [-0.25, -0.2) is 0 Å². The normalized spacial score (nSPS) is 24.7. The second-order valence-corrected chi connectivity index (χ2v) is 4.69. The number of nitrogens with zero attached hydrogens (tertiary/aromatic N) is 1. The summed E-state index contributed by atoms with van der Waals surface area (Å²) in [5.74, 6) is 0.835. The number of halogens is 1. The molecule has 2 nitrogen and oxygen atoms in total. The Bertz CT molecular complexity index is 159. The molecular weight excluding hydrogens is 216 g/mol. The average molecular weight is 233 g/mol. The lowest BCUT2D eigenvalue weighted by molar-refractivity contribution is 0.390. The maximum absolute atomic E-state index is 3.78. The molecule has 1 aliphatic heterocycles. The van der Waals surface area contributed by atoms with Crippen LogP contribution in [0.25, 0.3) is 0 Å². The van der Waals surface area contributed by atoms with Crippen LogP contribution in [0.2, 0.25) is 0 Å². The Morgan fingerprint density at radius 1 is 1.75 bits per heavy atom. The number of hydrogen-bond donors (Lipinski definition) is 1. The standard InChI is InChI=1S/C9H17BrN2/c1-8(10)5-11-6-9-3-4-12(2)7-9/h9,11H,1,3-7H2,2H3.